The Hall–Kier alpha value is -2.15. The first kappa shape index (κ1) is 18.2. The number of nitrogen functional groups attached to an aromatic ring is 1. The predicted octanol–water partition coefficient (Wildman–Crippen LogP) is 4.16. The molecule has 0 fully saturated rings. The number of fused-ring (bicyclic) bond motifs is 3. The van der Waals surface area contributed by atoms with E-state index in [-0.39, 0.29) is 6.61 Å². The van der Waals surface area contributed by atoms with Gasteiger partial charge < -0.3 is 10.5 Å². The molecule has 0 unspecified atom stereocenters. The summed E-state index contributed by atoms with van der Waals surface area (Å²) in [6, 6.07) is 2.12. The molecule has 0 bridgehead atoms. The van der Waals surface area contributed by atoms with E-state index in [1.54, 1.807) is 24.6 Å². The molecule has 2 N–H and O–H groups in total. The maximum Gasteiger partial charge on any atom is 0.348 e. The number of hydrogen-bond donors (Lipinski definition) is 1. The smallest absolute Gasteiger partial charge is 0.348 e. The summed E-state index contributed by atoms with van der Waals surface area (Å²) in [5, 5.41) is 11.8. The van der Waals surface area contributed by atoms with Crippen LogP contribution in [-0.2, 0) is 23.3 Å². The van der Waals surface area contributed by atoms with Gasteiger partial charge in [-0.1, -0.05) is 0 Å². The summed E-state index contributed by atoms with van der Waals surface area (Å²) in [5.74, 6) is -0.00265. The normalized spacial score (nSPS) is 12.9. The van der Waals surface area contributed by atoms with Gasteiger partial charge in [0.15, 0.2) is 0 Å². The van der Waals surface area contributed by atoms with Gasteiger partial charge in [0.25, 0.3) is 0 Å². The van der Waals surface area contributed by atoms with E-state index < -0.39 is 5.97 Å². The second-order valence-corrected chi connectivity index (χ2v) is 9.09. The van der Waals surface area contributed by atoms with E-state index in [0.717, 1.165) is 39.4 Å². The fourth-order valence-electron chi connectivity index (χ4n) is 3.26. The fourth-order valence-corrected chi connectivity index (χ4v) is 6.63. The van der Waals surface area contributed by atoms with Gasteiger partial charge in [-0.15, -0.1) is 34.4 Å². The van der Waals surface area contributed by atoms with Crippen LogP contribution in [0.15, 0.2) is 11.4 Å². The number of carbonyl (C=O) groups excluding carboxylic acids is 1. The molecule has 3 aromatic rings. The summed E-state index contributed by atoms with van der Waals surface area (Å²) in [6.07, 6.45) is 4.91. The summed E-state index contributed by atoms with van der Waals surface area (Å²) in [6.45, 7) is 2.03. The van der Waals surface area contributed by atoms with E-state index in [4.69, 9.17) is 10.5 Å². The number of thioether (sulfide) groups is 1. The largest absolute Gasteiger partial charge is 0.462 e. The van der Waals surface area contributed by atoms with Gasteiger partial charge in [0.05, 0.1) is 12.2 Å². The van der Waals surface area contributed by atoms with Crippen LogP contribution in [0.2, 0.25) is 0 Å². The Balaban J connectivity index is 1.70. The number of aromatic nitrogens is 2. The number of nitriles is 1. The van der Waals surface area contributed by atoms with Crippen molar-refractivity contribution < 1.29 is 9.53 Å². The zero-order valence-electron chi connectivity index (χ0n) is 14.6. The summed E-state index contributed by atoms with van der Waals surface area (Å²) < 4.78 is 5.13. The zero-order valence-corrected chi connectivity index (χ0v) is 17.0. The van der Waals surface area contributed by atoms with Crippen molar-refractivity contribution in [2.24, 2.45) is 0 Å². The maximum atomic E-state index is 12.3. The number of anilines is 1. The van der Waals surface area contributed by atoms with Gasteiger partial charge in [0.1, 0.15) is 32.1 Å². The molecule has 6 nitrogen and oxygen atoms in total. The Kier molecular flexibility index (Phi) is 5.04. The number of thiophene rings is 2. The summed E-state index contributed by atoms with van der Waals surface area (Å²) in [5.41, 5.74) is 8.30. The molecule has 1 aliphatic carbocycles. The molecule has 0 saturated heterocycles. The van der Waals surface area contributed by atoms with E-state index in [9.17, 15) is 10.1 Å². The molecule has 0 atom stereocenters. The molecule has 27 heavy (non-hydrogen) atoms. The molecule has 1 aliphatic rings. The van der Waals surface area contributed by atoms with Crippen LogP contribution in [0.4, 0.5) is 5.00 Å². The van der Waals surface area contributed by atoms with Crippen LogP contribution >= 0.6 is 34.4 Å². The highest BCUT2D eigenvalue weighted by Crippen LogP contribution is 2.42. The van der Waals surface area contributed by atoms with Gasteiger partial charge in [-0.05, 0) is 31.7 Å². The SMILES string of the molecule is CCOC(=O)c1sc(N)c(C#N)c1CSc1ncnc2sc3c(c12)CCC3. The van der Waals surface area contributed by atoms with Crippen molar-refractivity contribution in [2.45, 2.75) is 37.0 Å². The molecule has 138 valence electrons. The third kappa shape index (κ3) is 3.18. The van der Waals surface area contributed by atoms with Gasteiger partial charge in [-0.3, -0.25) is 0 Å². The molecule has 0 saturated carbocycles. The lowest BCUT2D eigenvalue weighted by Gasteiger charge is -2.06. The molecule has 0 radical (unpaired) electrons. The van der Waals surface area contributed by atoms with Crippen molar-refractivity contribution in [2.75, 3.05) is 12.3 Å². The Bertz CT molecular complexity index is 1080. The standard InChI is InChI=1S/C18H16N4O2S3/c1-2-24-18(23)14-11(10(6-19)15(20)27-14)7-25-16-13-9-4-3-5-12(9)26-17(13)22-8-21-16/h8H,2-5,7,20H2,1H3. The first-order chi connectivity index (χ1) is 13.1. The lowest BCUT2D eigenvalue weighted by Crippen LogP contribution is -2.05. The van der Waals surface area contributed by atoms with E-state index in [0.29, 0.717) is 26.8 Å². The van der Waals surface area contributed by atoms with Crippen molar-refractivity contribution in [3.05, 3.63) is 32.8 Å². The quantitative estimate of drug-likeness (QED) is 0.378. The second-order valence-electron chi connectivity index (χ2n) is 5.99. The van der Waals surface area contributed by atoms with Crippen LogP contribution in [0.1, 0.15) is 44.6 Å². The van der Waals surface area contributed by atoms with Crippen molar-refractivity contribution in [1.29, 1.82) is 5.26 Å². The second kappa shape index (κ2) is 7.46. The number of nitrogens with zero attached hydrogens (tertiary/aromatic N) is 3. The molecule has 0 aromatic carbocycles. The van der Waals surface area contributed by atoms with Crippen LogP contribution < -0.4 is 5.73 Å². The van der Waals surface area contributed by atoms with Gasteiger partial charge in [-0.2, -0.15) is 5.26 Å². The van der Waals surface area contributed by atoms with Crippen LogP contribution in [0.5, 0.6) is 0 Å². The Morgan fingerprint density at radius 1 is 1.41 bits per heavy atom. The van der Waals surface area contributed by atoms with Crippen molar-refractivity contribution in [3.63, 3.8) is 0 Å². The lowest BCUT2D eigenvalue weighted by atomic mass is 10.2. The van der Waals surface area contributed by atoms with E-state index >= 15 is 0 Å². The number of ether oxygens (including phenoxy) is 1. The number of aryl methyl sites for hydroxylation is 2. The number of esters is 1. The Labute approximate surface area is 168 Å². The summed E-state index contributed by atoms with van der Waals surface area (Å²) in [7, 11) is 0. The van der Waals surface area contributed by atoms with Crippen LogP contribution in [-0.4, -0.2) is 22.5 Å². The fraction of sp³-hybridized carbons (Fsp3) is 0.333. The molecule has 9 heteroatoms. The Morgan fingerprint density at radius 2 is 2.26 bits per heavy atom. The van der Waals surface area contributed by atoms with E-state index in [1.807, 2.05) is 0 Å². The monoisotopic (exact) mass is 416 g/mol. The molecule has 0 spiro atoms. The first-order valence-electron chi connectivity index (χ1n) is 8.50. The van der Waals surface area contributed by atoms with Crippen molar-refractivity contribution in [1.82, 2.24) is 9.97 Å². The van der Waals surface area contributed by atoms with Crippen molar-refractivity contribution >= 4 is 55.6 Å². The van der Waals surface area contributed by atoms with E-state index in [2.05, 4.69) is 16.0 Å². The number of nitrogens with two attached hydrogens (primary N) is 1. The molecular formula is C18H16N4O2S3. The minimum atomic E-state index is -0.435. The minimum Gasteiger partial charge on any atom is -0.462 e. The topological polar surface area (TPSA) is 102 Å². The van der Waals surface area contributed by atoms with Crippen molar-refractivity contribution in [3.8, 4) is 6.07 Å². The molecule has 0 amide bonds. The maximum absolute atomic E-state index is 12.3. The third-order valence-electron chi connectivity index (χ3n) is 4.43. The highest BCUT2D eigenvalue weighted by atomic mass is 32.2. The molecule has 4 rings (SSSR count). The highest BCUT2D eigenvalue weighted by Gasteiger charge is 2.25. The average Bonchev–Trinajstić information content (AvgIpc) is 3.32. The minimum absolute atomic E-state index is 0.276. The molecule has 3 heterocycles. The molecule has 3 aromatic heterocycles. The van der Waals surface area contributed by atoms with Gasteiger partial charge in [-0.25, -0.2) is 14.8 Å². The zero-order chi connectivity index (χ0) is 19.0. The van der Waals surface area contributed by atoms with Crippen LogP contribution in [0.25, 0.3) is 10.2 Å². The highest BCUT2D eigenvalue weighted by molar-refractivity contribution is 7.98. The Morgan fingerprint density at radius 3 is 3.04 bits per heavy atom. The van der Waals surface area contributed by atoms with Crippen LogP contribution in [0, 0.1) is 11.3 Å². The molecular weight excluding hydrogens is 400 g/mol. The number of hydrogen-bond acceptors (Lipinski definition) is 9. The first-order valence-corrected chi connectivity index (χ1v) is 11.1. The summed E-state index contributed by atoms with van der Waals surface area (Å²) in [4.78, 5) is 24.0. The van der Waals surface area contributed by atoms with Crippen LogP contribution in [0.3, 0.4) is 0 Å². The molecule has 0 aliphatic heterocycles. The number of carbonyl (C=O) groups is 1. The van der Waals surface area contributed by atoms with Gasteiger partial charge >= 0.3 is 5.97 Å². The third-order valence-corrected chi connectivity index (χ3v) is 7.68. The average molecular weight is 417 g/mol. The predicted molar refractivity (Wildman–Crippen MR) is 108 cm³/mol. The lowest BCUT2D eigenvalue weighted by molar-refractivity contribution is 0.0531. The van der Waals surface area contributed by atoms with Gasteiger partial charge in [0.2, 0.25) is 0 Å². The summed E-state index contributed by atoms with van der Waals surface area (Å²) >= 11 is 4.36. The number of rotatable bonds is 5. The van der Waals surface area contributed by atoms with E-state index in [1.165, 1.54) is 28.6 Å². The van der Waals surface area contributed by atoms with Gasteiger partial charge in [0, 0.05) is 21.6 Å².